The summed E-state index contributed by atoms with van der Waals surface area (Å²) < 4.78 is 58.6. The lowest BCUT2D eigenvalue weighted by molar-refractivity contribution is -0.390. The maximum Gasteiger partial charge on any atom is 0.446 e. The van der Waals surface area contributed by atoms with Crippen molar-refractivity contribution < 1.29 is 51.1 Å². The first-order chi connectivity index (χ1) is 33.3. The van der Waals surface area contributed by atoms with Crippen molar-refractivity contribution in [1.82, 2.24) is 49.9 Å². The fraction of sp³-hybridized carbons (Fsp3) is 0.488. The molecule has 0 bridgehead atoms. The highest BCUT2D eigenvalue weighted by molar-refractivity contribution is 9.10. The van der Waals surface area contributed by atoms with Crippen LogP contribution in [0.4, 0.5) is 24.2 Å². The number of carbonyl (C=O) groups is 2. The minimum absolute atomic E-state index is 0.0804. The lowest BCUT2D eigenvalue weighted by Crippen LogP contribution is -2.66. The highest BCUT2D eigenvalue weighted by atomic mass is 79.9. The molecule has 2 amide bonds. The molecule has 2 aromatic carbocycles. The fourth-order valence-electron chi connectivity index (χ4n) is 9.05. The summed E-state index contributed by atoms with van der Waals surface area (Å²) >= 11 is 6.09. The van der Waals surface area contributed by atoms with Crippen LogP contribution < -0.4 is 17.2 Å². The number of benzene rings is 2. The zero-order chi connectivity index (χ0) is 51.4. The summed E-state index contributed by atoms with van der Waals surface area (Å²) in [5.41, 5.74) is 6.31. The summed E-state index contributed by atoms with van der Waals surface area (Å²) in [6, 6.07) is 8.12. The van der Waals surface area contributed by atoms with E-state index in [1.807, 2.05) is 41.5 Å². The number of amides is 2. The Labute approximate surface area is 417 Å². The molecule has 2 saturated carbocycles. The van der Waals surface area contributed by atoms with Crippen molar-refractivity contribution in [2.45, 2.75) is 90.9 Å². The molecule has 0 radical (unpaired) electrons. The van der Waals surface area contributed by atoms with Crippen molar-refractivity contribution >= 4 is 49.9 Å². The molecular formula is C43H46Br2F2N12O12. The van der Waals surface area contributed by atoms with Crippen molar-refractivity contribution in [2.24, 2.45) is 22.5 Å². The zero-order valence-corrected chi connectivity index (χ0v) is 42.1. The standard InChI is InChI=1S/C22H23BrFN5O5.C11H20N2O2.C10H3BrFN5O5/c1-21(2,3)32-19(30)28-10-22(11-28)8-12(9-22)6-16-17(26-34-25-16)18-27-33-20(31)29(18)13-4-5-15(24)14(23)7-13;1-10(2,3)15-9(14)13-6-11(7-13)4-8(12)5-11;11-5-3-4(1-2-6(5)12)16-8(14-21-10(16)18)7-9(17(19)20)15-22-13-7/h4-5,7,12H,6,8-11H2,1-3H3;8H,4-7,12H2,1-3H3;1-3H. The van der Waals surface area contributed by atoms with Gasteiger partial charge in [-0.25, -0.2) is 41.7 Å². The average Bonchev–Trinajstić information content (AvgIpc) is 4.04. The Morgan fingerprint density at radius 2 is 1.17 bits per heavy atom. The van der Waals surface area contributed by atoms with Gasteiger partial charge in [-0.2, -0.15) is 0 Å². The second-order valence-electron chi connectivity index (χ2n) is 20.0. The number of rotatable bonds is 7. The minimum Gasteiger partial charge on any atom is -0.444 e. The van der Waals surface area contributed by atoms with Gasteiger partial charge in [0.1, 0.15) is 28.5 Å². The molecule has 6 aromatic rings. The Hall–Kier alpha value is -6.68. The van der Waals surface area contributed by atoms with Gasteiger partial charge in [0.05, 0.1) is 20.3 Å². The van der Waals surface area contributed by atoms with Gasteiger partial charge in [-0.15, -0.1) is 4.63 Å². The number of nitro groups is 1. The molecule has 6 heterocycles. The zero-order valence-electron chi connectivity index (χ0n) is 38.9. The van der Waals surface area contributed by atoms with Gasteiger partial charge in [0.15, 0.2) is 10.9 Å². The van der Waals surface area contributed by atoms with E-state index < -0.39 is 50.8 Å². The van der Waals surface area contributed by atoms with Crippen molar-refractivity contribution in [1.29, 1.82) is 0 Å². The van der Waals surface area contributed by atoms with Gasteiger partial charge in [0, 0.05) is 43.1 Å². The van der Waals surface area contributed by atoms with Crippen LogP contribution in [0.2, 0.25) is 0 Å². The number of halogens is 4. The van der Waals surface area contributed by atoms with Gasteiger partial charge >= 0.3 is 29.5 Å². The third-order valence-electron chi connectivity index (χ3n) is 11.9. The molecule has 378 valence electrons. The number of ether oxygens (including phenoxy) is 2. The van der Waals surface area contributed by atoms with E-state index in [0.29, 0.717) is 54.0 Å². The molecule has 2 N–H and O–H groups in total. The summed E-state index contributed by atoms with van der Waals surface area (Å²) in [4.78, 5) is 61.5. The van der Waals surface area contributed by atoms with Crippen molar-refractivity contribution in [3.05, 3.63) is 93.9 Å². The molecule has 4 aromatic heterocycles. The van der Waals surface area contributed by atoms with Crippen LogP contribution in [-0.2, 0) is 15.9 Å². The van der Waals surface area contributed by atoms with E-state index in [4.69, 9.17) is 24.4 Å². The monoisotopic (exact) mass is 1120 g/mol. The van der Waals surface area contributed by atoms with Gasteiger partial charge in [0.25, 0.3) is 5.69 Å². The number of aromatic nitrogens is 8. The number of carbonyl (C=O) groups excluding carboxylic acids is 2. The summed E-state index contributed by atoms with van der Waals surface area (Å²) in [6.07, 6.45) is 4.12. The minimum atomic E-state index is -0.939. The van der Waals surface area contributed by atoms with E-state index in [1.165, 1.54) is 34.9 Å². The molecule has 28 heteroatoms. The highest BCUT2D eigenvalue weighted by Gasteiger charge is 2.55. The normalized spacial score (nSPS) is 16.9. The summed E-state index contributed by atoms with van der Waals surface area (Å²) in [6.45, 7) is 14.3. The Balaban J connectivity index is 0.000000156. The molecule has 2 spiro atoms. The number of likely N-dealkylation sites (tertiary alicyclic amines) is 2. The molecule has 4 aliphatic rings. The van der Waals surface area contributed by atoms with Crippen LogP contribution in [0.1, 0.15) is 72.9 Å². The Kier molecular flexibility index (Phi) is 13.7. The van der Waals surface area contributed by atoms with Crippen LogP contribution >= 0.6 is 31.9 Å². The van der Waals surface area contributed by atoms with E-state index >= 15 is 0 Å². The number of nitrogens with two attached hydrogens (primary N) is 1. The predicted molar refractivity (Wildman–Crippen MR) is 247 cm³/mol. The van der Waals surface area contributed by atoms with Gasteiger partial charge in [0.2, 0.25) is 11.6 Å². The van der Waals surface area contributed by atoms with E-state index in [-0.39, 0.29) is 43.9 Å². The topological polar surface area (TPSA) is 302 Å². The van der Waals surface area contributed by atoms with E-state index in [0.717, 1.165) is 49.4 Å². The predicted octanol–water partition coefficient (Wildman–Crippen LogP) is 7.00. The second kappa shape index (κ2) is 19.2. The lowest BCUT2D eigenvalue weighted by Gasteiger charge is -2.58. The third kappa shape index (κ3) is 11.0. The first-order valence-electron chi connectivity index (χ1n) is 21.9. The van der Waals surface area contributed by atoms with Crippen LogP contribution in [0.15, 0.2) is 73.2 Å². The van der Waals surface area contributed by atoms with Gasteiger partial charge in [-0.1, -0.05) is 15.5 Å². The van der Waals surface area contributed by atoms with Crippen LogP contribution in [0.25, 0.3) is 34.4 Å². The third-order valence-corrected chi connectivity index (χ3v) is 13.1. The summed E-state index contributed by atoms with van der Waals surface area (Å²) in [5.74, 6) is -3.25. The first kappa shape index (κ1) is 50.7. The van der Waals surface area contributed by atoms with Gasteiger partial charge in [-0.3, -0.25) is 9.05 Å². The van der Waals surface area contributed by atoms with Crippen LogP contribution in [0.3, 0.4) is 0 Å². The smallest absolute Gasteiger partial charge is 0.444 e. The average molecular weight is 1120 g/mol. The molecule has 2 aliphatic carbocycles. The number of nitrogens with zero attached hydrogens (tertiary/aromatic N) is 11. The maximum atomic E-state index is 13.7. The van der Waals surface area contributed by atoms with Crippen molar-refractivity contribution in [3.8, 4) is 34.4 Å². The van der Waals surface area contributed by atoms with E-state index in [1.54, 1.807) is 9.80 Å². The fourth-order valence-corrected chi connectivity index (χ4v) is 9.78. The Morgan fingerprint density at radius 1 is 0.732 bits per heavy atom. The Morgan fingerprint density at radius 3 is 1.61 bits per heavy atom. The largest absolute Gasteiger partial charge is 0.446 e. The van der Waals surface area contributed by atoms with E-state index in [9.17, 15) is 38.1 Å². The molecule has 4 fully saturated rings. The lowest BCUT2D eigenvalue weighted by atomic mass is 9.57. The van der Waals surface area contributed by atoms with E-state index in [2.05, 4.69) is 72.0 Å². The molecule has 24 nitrogen and oxygen atoms in total. The molecule has 2 aliphatic heterocycles. The first-order valence-corrected chi connectivity index (χ1v) is 23.5. The number of hydrogen-bond donors (Lipinski definition) is 1. The van der Waals surface area contributed by atoms with Crippen molar-refractivity contribution in [3.63, 3.8) is 0 Å². The maximum absolute atomic E-state index is 13.7. The van der Waals surface area contributed by atoms with Crippen molar-refractivity contribution in [2.75, 3.05) is 26.2 Å². The molecule has 0 atom stereocenters. The van der Waals surface area contributed by atoms with Gasteiger partial charge in [-0.05, 0) is 163 Å². The van der Waals surface area contributed by atoms with Crippen LogP contribution in [0, 0.1) is 38.5 Å². The SMILES string of the molecule is CC(C)(C)OC(=O)N1CC2(CC(Cc3nonc3-c3noc(=O)n3-c3ccc(F)c(Br)c3)C2)C1.CC(C)(C)OC(=O)N1CC2(CC(N)C2)C1.O=c1onc(-c2nonc2[N+](=O)[O-])n1-c1ccc(F)c(Br)c1. The molecule has 2 saturated heterocycles. The molecular weight excluding hydrogens is 1070 g/mol. The summed E-state index contributed by atoms with van der Waals surface area (Å²) in [5, 5.41) is 32.6. The Bertz CT molecular complexity index is 3090. The van der Waals surface area contributed by atoms with Gasteiger partial charge < -0.3 is 35.1 Å². The highest BCUT2D eigenvalue weighted by Crippen LogP contribution is 2.53. The van der Waals surface area contributed by atoms with Crippen LogP contribution in [0.5, 0.6) is 0 Å². The molecule has 10 rings (SSSR count). The second-order valence-corrected chi connectivity index (χ2v) is 21.7. The molecule has 71 heavy (non-hydrogen) atoms. The molecule has 0 unspecified atom stereocenters. The quantitative estimate of drug-likeness (QED) is 0.124. The van der Waals surface area contributed by atoms with Crippen LogP contribution in [-0.4, -0.2) is 110 Å². The summed E-state index contributed by atoms with van der Waals surface area (Å²) in [7, 11) is 0. The number of hydrogen-bond acceptors (Lipinski definition) is 19.